The molecule has 2 unspecified atom stereocenters. The molecule has 3 atom stereocenters. The zero-order valence-electron chi connectivity index (χ0n) is 9.40. The van der Waals surface area contributed by atoms with Crippen molar-refractivity contribution in [2.45, 2.75) is 24.9 Å². The maximum Gasteiger partial charge on any atom is 0.167 e. The molecule has 8 heteroatoms. The van der Waals surface area contributed by atoms with Gasteiger partial charge in [-0.1, -0.05) is 0 Å². The molecule has 2 aromatic rings. The molecule has 0 aliphatic carbocycles. The molecule has 0 saturated carbocycles. The lowest BCUT2D eigenvalue weighted by molar-refractivity contribution is -0.0323. The average molecular weight is 253 g/mol. The van der Waals surface area contributed by atoms with Crippen molar-refractivity contribution in [3.8, 4) is 0 Å². The Morgan fingerprint density at radius 1 is 1.50 bits per heavy atom. The lowest BCUT2D eigenvalue weighted by atomic mass is 10.2. The van der Waals surface area contributed by atoms with Crippen molar-refractivity contribution in [3.63, 3.8) is 0 Å². The van der Waals surface area contributed by atoms with Crippen LogP contribution < -0.4 is 5.73 Å². The molecule has 3 N–H and O–H groups in total. The Balaban J connectivity index is 1.99. The summed E-state index contributed by atoms with van der Waals surface area (Å²) in [6.07, 6.45) is 0.439. The summed E-state index contributed by atoms with van der Waals surface area (Å²) in [5, 5.41) is 8.97. The number of aliphatic hydroxyl groups is 1. The number of hydrogen-bond acceptors (Lipinski definition) is 6. The Kier molecular flexibility index (Phi) is 2.60. The number of imidazole rings is 1. The fourth-order valence-electron chi connectivity index (χ4n) is 2.10. The van der Waals surface area contributed by atoms with E-state index in [2.05, 4.69) is 15.0 Å². The number of aromatic nitrogens is 4. The summed E-state index contributed by atoms with van der Waals surface area (Å²) in [5.41, 5.74) is 6.63. The molecule has 0 spiro atoms. The van der Waals surface area contributed by atoms with Crippen molar-refractivity contribution < 1.29 is 14.2 Å². The third-order valence-corrected chi connectivity index (χ3v) is 3.04. The van der Waals surface area contributed by atoms with Gasteiger partial charge in [-0.2, -0.15) is 0 Å². The highest BCUT2D eigenvalue weighted by Gasteiger charge is 2.36. The van der Waals surface area contributed by atoms with Crippen LogP contribution in [0.4, 0.5) is 10.2 Å². The number of fused-ring (bicyclic) bond motifs is 1. The molecule has 2 aromatic heterocycles. The first-order chi connectivity index (χ1) is 8.70. The number of hydrogen-bond donors (Lipinski definition) is 2. The van der Waals surface area contributed by atoms with E-state index in [-0.39, 0.29) is 18.8 Å². The smallest absolute Gasteiger partial charge is 0.167 e. The summed E-state index contributed by atoms with van der Waals surface area (Å²) in [7, 11) is 0. The van der Waals surface area contributed by atoms with Crippen LogP contribution in [0.5, 0.6) is 0 Å². The van der Waals surface area contributed by atoms with Crippen LogP contribution in [0.1, 0.15) is 12.6 Å². The Morgan fingerprint density at radius 3 is 3.06 bits per heavy atom. The van der Waals surface area contributed by atoms with Crippen molar-refractivity contribution in [1.29, 1.82) is 0 Å². The topological polar surface area (TPSA) is 99.1 Å². The van der Waals surface area contributed by atoms with E-state index in [4.69, 9.17) is 15.6 Å². The van der Waals surface area contributed by atoms with E-state index in [1.165, 1.54) is 12.7 Å². The number of rotatable bonds is 2. The summed E-state index contributed by atoms with van der Waals surface area (Å²) in [4.78, 5) is 12.0. The Morgan fingerprint density at radius 2 is 2.33 bits per heavy atom. The number of aliphatic hydroxyl groups excluding tert-OH is 1. The number of nitrogens with two attached hydrogens (primary N) is 1. The molecule has 96 valence electrons. The summed E-state index contributed by atoms with van der Waals surface area (Å²) in [5.74, 6) is 0.271. The minimum Gasteiger partial charge on any atom is -0.394 e. The molecule has 1 saturated heterocycles. The summed E-state index contributed by atoms with van der Waals surface area (Å²) >= 11 is 0. The van der Waals surface area contributed by atoms with Crippen molar-refractivity contribution in [2.24, 2.45) is 0 Å². The lowest BCUT2D eigenvalue weighted by Crippen LogP contribution is -2.21. The molecule has 0 aromatic carbocycles. The lowest BCUT2D eigenvalue weighted by Gasteiger charge is -2.13. The van der Waals surface area contributed by atoms with Crippen molar-refractivity contribution in [2.75, 3.05) is 12.3 Å². The number of nitrogens with zero attached hydrogens (tertiary/aromatic N) is 4. The second kappa shape index (κ2) is 4.14. The van der Waals surface area contributed by atoms with E-state index in [0.29, 0.717) is 11.2 Å². The van der Waals surface area contributed by atoms with E-state index in [9.17, 15) is 4.39 Å². The highest BCUT2D eigenvalue weighted by Crippen LogP contribution is 2.32. The van der Waals surface area contributed by atoms with Gasteiger partial charge in [0.25, 0.3) is 0 Å². The minimum atomic E-state index is -1.20. The molecule has 3 rings (SSSR count). The van der Waals surface area contributed by atoms with Gasteiger partial charge >= 0.3 is 0 Å². The minimum absolute atomic E-state index is 0.153. The molecule has 3 heterocycles. The van der Waals surface area contributed by atoms with E-state index in [1.807, 2.05) is 0 Å². The number of ether oxygens (including phenoxy) is 1. The van der Waals surface area contributed by atoms with Gasteiger partial charge in [-0.3, -0.25) is 4.57 Å². The van der Waals surface area contributed by atoms with Gasteiger partial charge in [0.15, 0.2) is 11.5 Å². The Hall–Kier alpha value is -1.80. The van der Waals surface area contributed by atoms with E-state index in [0.717, 1.165) is 0 Å². The van der Waals surface area contributed by atoms with Crippen LogP contribution in [0.15, 0.2) is 12.7 Å². The standard InChI is InChI=1S/C10H12FN5O2/c11-5-1-7(18-6(5)2-17)16-4-15-8-9(12)13-3-14-10(8)16/h3-7,17H,1-2H2,(H2,12,13,14)/t5?,6-,7?/m1/s1. The van der Waals surface area contributed by atoms with Gasteiger partial charge in [0.2, 0.25) is 0 Å². The molecule has 0 bridgehead atoms. The predicted octanol–water partition coefficient (Wildman–Crippen LogP) is 0.0264. The molecule has 18 heavy (non-hydrogen) atoms. The zero-order valence-corrected chi connectivity index (χ0v) is 9.40. The van der Waals surface area contributed by atoms with Gasteiger partial charge in [-0.05, 0) is 0 Å². The number of nitrogen functional groups attached to an aromatic ring is 1. The third-order valence-electron chi connectivity index (χ3n) is 3.04. The van der Waals surface area contributed by atoms with Gasteiger partial charge < -0.3 is 15.6 Å². The summed E-state index contributed by atoms with van der Waals surface area (Å²) < 4.78 is 20.6. The van der Waals surface area contributed by atoms with Crippen molar-refractivity contribution in [3.05, 3.63) is 12.7 Å². The SMILES string of the molecule is Nc1ncnc2c1ncn2C1CC(F)[C@@H](CO)O1. The molecule has 0 radical (unpaired) electrons. The first-order valence-electron chi connectivity index (χ1n) is 5.54. The quantitative estimate of drug-likeness (QED) is 0.783. The average Bonchev–Trinajstić information content (AvgIpc) is 2.93. The van der Waals surface area contributed by atoms with E-state index >= 15 is 0 Å². The molecule has 1 aliphatic rings. The second-order valence-electron chi connectivity index (χ2n) is 4.15. The van der Waals surface area contributed by atoms with Crippen LogP contribution in [0, 0.1) is 0 Å². The Labute approximate surface area is 101 Å². The molecular weight excluding hydrogens is 241 g/mol. The van der Waals surface area contributed by atoms with Crippen LogP contribution in [0.2, 0.25) is 0 Å². The first-order valence-corrected chi connectivity index (χ1v) is 5.54. The number of alkyl halides is 1. The third kappa shape index (κ3) is 1.61. The molecular formula is C10H12FN5O2. The van der Waals surface area contributed by atoms with Crippen LogP contribution in [-0.4, -0.2) is 43.5 Å². The molecule has 1 aliphatic heterocycles. The second-order valence-corrected chi connectivity index (χ2v) is 4.15. The van der Waals surface area contributed by atoms with Crippen LogP contribution in [0.25, 0.3) is 11.2 Å². The van der Waals surface area contributed by atoms with E-state index in [1.54, 1.807) is 4.57 Å². The fraction of sp³-hybridized carbons (Fsp3) is 0.500. The molecule has 0 amide bonds. The maximum absolute atomic E-state index is 13.5. The number of anilines is 1. The van der Waals surface area contributed by atoms with Gasteiger partial charge in [-0.25, -0.2) is 19.3 Å². The Bertz CT molecular complexity index is 574. The van der Waals surface area contributed by atoms with Gasteiger partial charge in [0.05, 0.1) is 12.9 Å². The highest BCUT2D eigenvalue weighted by atomic mass is 19.1. The molecule has 7 nitrogen and oxygen atoms in total. The van der Waals surface area contributed by atoms with Crippen LogP contribution in [0.3, 0.4) is 0 Å². The predicted molar refractivity (Wildman–Crippen MR) is 60.2 cm³/mol. The summed E-state index contributed by atoms with van der Waals surface area (Å²) in [6, 6.07) is 0. The zero-order chi connectivity index (χ0) is 12.7. The van der Waals surface area contributed by atoms with Gasteiger partial charge in [0, 0.05) is 6.42 Å². The first kappa shape index (κ1) is 11.3. The number of halogens is 1. The van der Waals surface area contributed by atoms with E-state index < -0.39 is 18.5 Å². The van der Waals surface area contributed by atoms with Crippen LogP contribution >= 0.6 is 0 Å². The monoisotopic (exact) mass is 253 g/mol. The fourth-order valence-corrected chi connectivity index (χ4v) is 2.10. The largest absolute Gasteiger partial charge is 0.394 e. The van der Waals surface area contributed by atoms with Crippen molar-refractivity contribution >= 4 is 17.0 Å². The highest BCUT2D eigenvalue weighted by molar-refractivity contribution is 5.81. The molecule has 1 fully saturated rings. The van der Waals surface area contributed by atoms with Crippen molar-refractivity contribution in [1.82, 2.24) is 19.5 Å². The maximum atomic E-state index is 13.5. The summed E-state index contributed by atoms with van der Waals surface area (Å²) in [6.45, 7) is -0.346. The van der Waals surface area contributed by atoms with Gasteiger partial charge in [0.1, 0.15) is 30.3 Å². The van der Waals surface area contributed by atoms with Crippen LogP contribution in [-0.2, 0) is 4.74 Å². The van der Waals surface area contributed by atoms with Gasteiger partial charge in [-0.15, -0.1) is 0 Å². The normalized spacial score (nSPS) is 28.0.